The minimum Gasteiger partial charge on any atom is -0.497 e. The van der Waals surface area contributed by atoms with Crippen molar-refractivity contribution in [1.29, 1.82) is 5.26 Å². The lowest BCUT2D eigenvalue weighted by atomic mass is 9.97. The molecule has 3 rings (SSSR count). The number of nitrogens with zero attached hydrogens (tertiary/aromatic N) is 2. The highest BCUT2D eigenvalue weighted by Gasteiger charge is 2.17. The Bertz CT molecular complexity index is 1020. The van der Waals surface area contributed by atoms with E-state index in [-0.39, 0.29) is 5.82 Å². The summed E-state index contributed by atoms with van der Waals surface area (Å²) in [7, 11) is 3.19. The summed E-state index contributed by atoms with van der Waals surface area (Å²) in [4.78, 5) is 4.46. The van der Waals surface area contributed by atoms with Gasteiger partial charge in [-0.3, -0.25) is 0 Å². The Morgan fingerprint density at radius 3 is 2.36 bits per heavy atom. The smallest absolute Gasteiger partial charge is 0.142 e. The van der Waals surface area contributed by atoms with E-state index in [9.17, 15) is 5.26 Å². The van der Waals surface area contributed by atoms with E-state index in [0.29, 0.717) is 28.3 Å². The predicted molar refractivity (Wildman–Crippen MR) is 111 cm³/mol. The van der Waals surface area contributed by atoms with Crippen molar-refractivity contribution < 1.29 is 9.47 Å². The zero-order chi connectivity index (χ0) is 20.1. The molecule has 0 spiro atoms. The lowest BCUT2D eigenvalue weighted by Crippen LogP contribution is -2.01. The van der Waals surface area contributed by atoms with Crippen molar-refractivity contribution in [1.82, 2.24) is 4.98 Å². The fourth-order valence-electron chi connectivity index (χ4n) is 3.20. The zero-order valence-corrected chi connectivity index (χ0v) is 16.3. The maximum absolute atomic E-state index is 9.67. The van der Waals surface area contributed by atoms with Crippen LogP contribution in [-0.4, -0.2) is 19.2 Å². The maximum atomic E-state index is 9.67. The zero-order valence-electron chi connectivity index (χ0n) is 16.3. The quantitative estimate of drug-likeness (QED) is 0.669. The van der Waals surface area contributed by atoms with Gasteiger partial charge in [0.1, 0.15) is 28.9 Å². The number of anilines is 1. The standard InChI is InChI=1S/C23H23N3O2/c1-4-5-15-6-8-16(9-7-15)21-13-18(20(14-24)23(25)26-21)19-12-17(27-2)10-11-22(19)28-3/h6-13H,4-5H2,1-3H3,(H2,25,26). The van der Waals surface area contributed by atoms with Crippen LogP contribution in [0.15, 0.2) is 48.5 Å². The van der Waals surface area contributed by atoms with Crippen LogP contribution in [0.4, 0.5) is 5.82 Å². The van der Waals surface area contributed by atoms with Crippen molar-refractivity contribution >= 4 is 5.82 Å². The van der Waals surface area contributed by atoms with E-state index in [2.05, 4.69) is 30.1 Å². The minimum atomic E-state index is 0.192. The van der Waals surface area contributed by atoms with Gasteiger partial charge in [0.15, 0.2) is 0 Å². The first kappa shape index (κ1) is 19.2. The Morgan fingerprint density at radius 2 is 1.75 bits per heavy atom. The van der Waals surface area contributed by atoms with E-state index in [0.717, 1.165) is 24.0 Å². The molecule has 0 atom stereocenters. The number of nitrogen functional groups attached to an aromatic ring is 1. The maximum Gasteiger partial charge on any atom is 0.142 e. The summed E-state index contributed by atoms with van der Waals surface area (Å²) in [6.07, 6.45) is 2.14. The topological polar surface area (TPSA) is 81.2 Å². The molecule has 1 heterocycles. The third kappa shape index (κ3) is 3.77. The van der Waals surface area contributed by atoms with Gasteiger partial charge < -0.3 is 15.2 Å². The molecule has 0 unspecified atom stereocenters. The van der Waals surface area contributed by atoms with Crippen LogP contribution in [0.5, 0.6) is 11.5 Å². The summed E-state index contributed by atoms with van der Waals surface area (Å²) in [6.45, 7) is 2.16. The molecule has 0 fully saturated rings. The number of hydrogen-bond donors (Lipinski definition) is 1. The third-order valence-electron chi connectivity index (χ3n) is 4.64. The number of hydrogen-bond acceptors (Lipinski definition) is 5. The molecule has 2 N–H and O–H groups in total. The number of nitriles is 1. The Balaban J connectivity index is 2.18. The van der Waals surface area contributed by atoms with E-state index >= 15 is 0 Å². The van der Waals surface area contributed by atoms with Crippen LogP contribution in [0, 0.1) is 11.3 Å². The Hall–Kier alpha value is -3.52. The monoisotopic (exact) mass is 373 g/mol. The SMILES string of the molecule is CCCc1ccc(-c2cc(-c3cc(OC)ccc3OC)c(C#N)c(N)n2)cc1. The molecular weight excluding hydrogens is 350 g/mol. The molecule has 5 nitrogen and oxygen atoms in total. The van der Waals surface area contributed by atoms with Crippen molar-refractivity contribution in [2.24, 2.45) is 0 Å². The van der Waals surface area contributed by atoms with E-state index in [4.69, 9.17) is 15.2 Å². The first-order valence-electron chi connectivity index (χ1n) is 9.13. The number of pyridine rings is 1. The fraction of sp³-hybridized carbons (Fsp3) is 0.217. The van der Waals surface area contributed by atoms with Crippen LogP contribution >= 0.6 is 0 Å². The summed E-state index contributed by atoms with van der Waals surface area (Å²) in [5.74, 6) is 1.49. The molecule has 142 valence electrons. The van der Waals surface area contributed by atoms with Gasteiger partial charge in [-0.2, -0.15) is 5.26 Å². The average molecular weight is 373 g/mol. The number of ether oxygens (including phenoxy) is 2. The van der Waals surface area contributed by atoms with Gasteiger partial charge in [0.05, 0.1) is 19.9 Å². The first-order valence-corrected chi connectivity index (χ1v) is 9.13. The fourth-order valence-corrected chi connectivity index (χ4v) is 3.20. The molecular formula is C23H23N3O2. The summed E-state index contributed by atoms with van der Waals surface area (Å²) >= 11 is 0. The molecule has 0 bridgehead atoms. The summed E-state index contributed by atoms with van der Waals surface area (Å²) in [5.41, 5.74) is 10.8. The Kier molecular flexibility index (Phi) is 5.81. The van der Waals surface area contributed by atoms with Gasteiger partial charge in [0.2, 0.25) is 0 Å². The molecule has 0 saturated carbocycles. The highest BCUT2D eigenvalue weighted by Crippen LogP contribution is 2.38. The summed E-state index contributed by atoms with van der Waals surface area (Å²) in [6, 6.07) is 17.8. The molecule has 0 aliphatic carbocycles. The van der Waals surface area contributed by atoms with Crippen molar-refractivity contribution in [3.8, 4) is 40.0 Å². The first-order chi connectivity index (χ1) is 13.6. The second kappa shape index (κ2) is 8.45. The third-order valence-corrected chi connectivity index (χ3v) is 4.64. The number of nitrogens with two attached hydrogens (primary N) is 1. The Morgan fingerprint density at radius 1 is 1.00 bits per heavy atom. The van der Waals surface area contributed by atoms with Crippen LogP contribution in [-0.2, 0) is 6.42 Å². The van der Waals surface area contributed by atoms with Crippen molar-refractivity contribution in [2.45, 2.75) is 19.8 Å². The van der Waals surface area contributed by atoms with Gasteiger partial charge in [0.25, 0.3) is 0 Å². The molecule has 3 aromatic rings. The normalized spacial score (nSPS) is 10.4. The lowest BCUT2D eigenvalue weighted by Gasteiger charge is -2.14. The molecule has 2 aromatic carbocycles. The molecule has 0 radical (unpaired) electrons. The lowest BCUT2D eigenvalue weighted by molar-refractivity contribution is 0.404. The van der Waals surface area contributed by atoms with Gasteiger partial charge >= 0.3 is 0 Å². The average Bonchev–Trinajstić information content (AvgIpc) is 2.73. The number of aromatic nitrogens is 1. The highest BCUT2D eigenvalue weighted by molar-refractivity contribution is 5.83. The van der Waals surface area contributed by atoms with Gasteiger partial charge in [-0.1, -0.05) is 37.6 Å². The van der Waals surface area contributed by atoms with Crippen LogP contribution in [0.1, 0.15) is 24.5 Å². The summed E-state index contributed by atoms with van der Waals surface area (Å²) < 4.78 is 10.8. The number of methoxy groups -OCH3 is 2. The second-order valence-electron chi connectivity index (χ2n) is 6.44. The number of benzene rings is 2. The largest absolute Gasteiger partial charge is 0.497 e. The van der Waals surface area contributed by atoms with Crippen LogP contribution < -0.4 is 15.2 Å². The number of rotatable bonds is 6. The second-order valence-corrected chi connectivity index (χ2v) is 6.44. The van der Waals surface area contributed by atoms with Crippen molar-refractivity contribution in [3.05, 3.63) is 59.7 Å². The highest BCUT2D eigenvalue weighted by atomic mass is 16.5. The van der Waals surface area contributed by atoms with E-state index in [1.807, 2.05) is 36.4 Å². The van der Waals surface area contributed by atoms with E-state index in [1.54, 1.807) is 14.2 Å². The predicted octanol–water partition coefficient (Wildman–Crippen LogP) is 4.84. The molecule has 0 amide bonds. The molecule has 5 heteroatoms. The molecule has 28 heavy (non-hydrogen) atoms. The Labute approximate surface area is 165 Å². The van der Waals surface area contributed by atoms with E-state index in [1.165, 1.54) is 5.56 Å². The number of aryl methyl sites for hydroxylation is 1. The minimum absolute atomic E-state index is 0.192. The molecule has 0 aliphatic rings. The van der Waals surface area contributed by atoms with Crippen molar-refractivity contribution in [3.63, 3.8) is 0 Å². The molecule has 0 saturated heterocycles. The summed E-state index contributed by atoms with van der Waals surface area (Å²) in [5, 5.41) is 9.67. The van der Waals surface area contributed by atoms with Gasteiger partial charge in [-0.15, -0.1) is 0 Å². The van der Waals surface area contributed by atoms with Crippen LogP contribution in [0.3, 0.4) is 0 Å². The molecule has 0 aliphatic heterocycles. The van der Waals surface area contributed by atoms with Gasteiger partial charge in [-0.05, 0) is 36.2 Å². The van der Waals surface area contributed by atoms with Crippen LogP contribution in [0.2, 0.25) is 0 Å². The van der Waals surface area contributed by atoms with Crippen LogP contribution in [0.25, 0.3) is 22.4 Å². The van der Waals surface area contributed by atoms with E-state index < -0.39 is 0 Å². The molecule has 1 aromatic heterocycles. The van der Waals surface area contributed by atoms with Gasteiger partial charge in [0, 0.05) is 16.7 Å². The van der Waals surface area contributed by atoms with Crippen molar-refractivity contribution in [2.75, 3.05) is 20.0 Å². The van der Waals surface area contributed by atoms with Gasteiger partial charge in [-0.25, -0.2) is 4.98 Å².